The quantitative estimate of drug-likeness (QED) is 0.596. The first kappa shape index (κ1) is 18.2. The van der Waals surface area contributed by atoms with E-state index in [2.05, 4.69) is 20.3 Å². The van der Waals surface area contributed by atoms with Crippen molar-refractivity contribution in [3.8, 4) is 0 Å². The lowest BCUT2D eigenvalue weighted by Crippen LogP contribution is -2.38. The minimum atomic E-state index is -2.59. The Hall–Kier alpha value is -0.620. The molecule has 0 radical (unpaired) electrons. The summed E-state index contributed by atoms with van der Waals surface area (Å²) in [6.45, 7) is 5.64. The van der Waals surface area contributed by atoms with Crippen LogP contribution in [0.3, 0.4) is 0 Å². The lowest BCUT2D eigenvalue weighted by Gasteiger charge is -2.37. The van der Waals surface area contributed by atoms with Crippen molar-refractivity contribution < 1.29 is 13.0 Å². The predicted molar refractivity (Wildman–Crippen MR) is 98.1 cm³/mol. The summed E-state index contributed by atoms with van der Waals surface area (Å²) in [5.74, 6) is -2.59. The molecule has 0 N–H and O–H groups in total. The fourth-order valence-corrected chi connectivity index (χ4v) is 4.62. The van der Waals surface area contributed by atoms with Crippen molar-refractivity contribution in [2.75, 3.05) is 0 Å². The minimum absolute atomic E-state index is 0.122. The van der Waals surface area contributed by atoms with E-state index in [0.29, 0.717) is 19.3 Å². The topological polar surface area (TPSA) is 29.4 Å². The first-order valence-electron chi connectivity index (χ1n) is 8.20. The highest BCUT2D eigenvalue weighted by Crippen LogP contribution is 2.51. The van der Waals surface area contributed by atoms with Crippen LogP contribution < -0.4 is 0 Å². The van der Waals surface area contributed by atoms with E-state index in [1.165, 1.54) is 0 Å². The molecule has 0 aromatic heterocycles. The van der Waals surface area contributed by atoms with Gasteiger partial charge in [0.1, 0.15) is 11.0 Å². The molecule has 0 saturated heterocycles. The van der Waals surface area contributed by atoms with Crippen molar-refractivity contribution in [2.24, 2.45) is 9.81 Å². The Morgan fingerprint density at radius 2 is 1.79 bits per heavy atom. The Labute approximate surface area is 152 Å². The normalized spacial score (nSPS) is 25.0. The summed E-state index contributed by atoms with van der Waals surface area (Å²) in [5.41, 5.74) is 2.45. The predicted octanol–water partition coefficient (Wildman–Crippen LogP) is 5.45. The first-order valence-corrected chi connectivity index (χ1v) is 10.1. The number of hydrogen-bond acceptors (Lipinski definition) is 1. The number of halogens is 3. The van der Waals surface area contributed by atoms with Gasteiger partial charge in [-0.25, -0.2) is 13.0 Å². The Bertz CT molecular complexity index is 714. The average Bonchev–Trinajstić information content (AvgIpc) is 2.76. The number of hydrogen-bond donors (Lipinski definition) is 0. The van der Waals surface area contributed by atoms with Crippen LogP contribution in [0.25, 0.3) is 0 Å². The van der Waals surface area contributed by atoms with Gasteiger partial charge in [0.15, 0.2) is 0 Å². The molecule has 2 aliphatic rings. The minimum Gasteiger partial charge on any atom is -0.234 e. The fraction of sp³-hybridized carbons (Fsp3) is 0.611. The van der Waals surface area contributed by atoms with E-state index in [1.807, 2.05) is 39.0 Å². The molecule has 2 aliphatic carbocycles. The summed E-state index contributed by atoms with van der Waals surface area (Å²) in [6.07, 6.45) is 1.26. The molecule has 1 unspecified atom stereocenters. The van der Waals surface area contributed by atoms with E-state index in [0.717, 1.165) is 21.3 Å². The second kappa shape index (κ2) is 5.97. The standard InChI is InChI=1S/C18H22BrF2NOS/c1-16(2,3)24(23)22-15-14-10-13(19)5-4-12(14)11-17(15)6-8-18(20,21)9-7-17/h4-5,10H,6-9,11H2,1-3H3/b22-15-. The molecule has 2 nitrogen and oxygen atoms in total. The van der Waals surface area contributed by atoms with E-state index in [9.17, 15) is 13.0 Å². The van der Waals surface area contributed by atoms with Crippen molar-refractivity contribution in [2.45, 2.75) is 63.5 Å². The molecule has 1 saturated carbocycles. The Morgan fingerprint density at radius 1 is 1.17 bits per heavy atom. The largest absolute Gasteiger partial charge is 0.248 e. The maximum absolute atomic E-state index is 13.7. The molecule has 0 aliphatic heterocycles. The van der Waals surface area contributed by atoms with Gasteiger partial charge in [0.25, 0.3) is 0 Å². The Morgan fingerprint density at radius 3 is 2.38 bits per heavy atom. The van der Waals surface area contributed by atoms with Crippen LogP contribution in [-0.2, 0) is 17.4 Å². The van der Waals surface area contributed by atoms with Crippen LogP contribution in [0.1, 0.15) is 57.6 Å². The van der Waals surface area contributed by atoms with Gasteiger partial charge in [0.05, 0.1) is 10.5 Å². The van der Waals surface area contributed by atoms with Crippen molar-refractivity contribution in [1.82, 2.24) is 0 Å². The van der Waals surface area contributed by atoms with Crippen LogP contribution in [0.2, 0.25) is 0 Å². The number of benzene rings is 1. The van der Waals surface area contributed by atoms with E-state index >= 15 is 0 Å². The third-order valence-corrected chi connectivity index (χ3v) is 6.88. The lowest BCUT2D eigenvalue weighted by atomic mass is 9.70. The molecular formula is C18H22BrF2NOS. The van der Waals surface area contributed by atoms with Crippen LogP contribution in [0.4, 0.5) is 8.78 Å². The van der Waals surface area contributed by atoms with E-state index < -0.39 is 27.1 Å². The van der Waals surface area contributed by atoms with Crippen LogP contribution in [-0.4, -0.2) is 20.6 Å². The summed E-state index contributed by atoms with van der Waals surface area (Å²) in [6, 6.07) is 5.97. The number of rotatable bonds is 1. The van der Waals surface area contributed by atoms with Gasteiger partial charge in [0, 0.05) is 28.3 Å². The van der Waals surface area contributed by atoms with E-state index in [1.54, 1.807) is 0 Å². The summed E-state index contributed by atoms with van der Waals surface area (Å²) in [5, 5.41) is 0. The molecule has 3 rings (SSSR count). The molecule has 1 aromatic rings. The molecular weight excluding hydrogens is 396 g/mol. The second-order valence-electron chi connectivity index (χ2n) is 7.92. The monoisotopic (exact) mass is 417 g/mol. The molecule has 1 spiro atoms. The van der Waals surface area contributed by atoms with Gasteiger partial charge in [-0.1, -0.05) is 22.0 Å². The van der Waals surface area contributed by atoms with Gasteiger partial charge in [-0.3, -0.25) is 0 Å². The highest BCUT2D eigenvalue weighted by molar-refractivity contribution is 9.10. The van der Waals surface area contributed by atoms with Crippen LogP contribution in [0.15, 0.2) is 27.1 Å². The molecule has 0 heterocycles. The maximum Gasteiger partial charge on any atom is 0.248 e. The number of fused-ring (bicyclic) bond motifs is 1. The van der Waals surface area contributed by atoms with Crippen molar-refractivity contribution in [3.63, 3.8) is 0 Å². The highest BCUT2D eigenvalue weighted by atomic mass is 79.9. The first-order chi connectivity index (χ1) is 11.0. The van der Waals surface area contributed by atoms with Gasteiger partial charge in [0.2, 0.25) is 5.92 Å². The van der Waals surface area contributed by atoms with Crippen molar-refractivity contribution in [1.29, 1.82) is 0 Å². The summed E-state index contributed by atoms with van der Waals surface area (Å²) < 4.78 is 45.1. The molecule has 6 heteroatoms. The van der Waals surface area contributed by atoms with Gasteiger partial charge in [-0.15, -0.1) is 0 Å². The zero-order valence-electron chi connectivity index (χ0n) is 14.2. The molecule has 24 heavy (non-hydrogen) atoms. The average molecular weight is 418 g/mol. The number of alkyl halides is 2. The Balaban J connectivity index is 2.07. The highest BCUT2D eigenvalue weighted by Gasteiger charge is 2.50. The molecule has 132 valence electrons. The third kappa shape index (κ3) is 3.36. The lowest BCUT2D eigenvalue weighted by molar-refractivity contribution is -0.0534. The van der Waals surface area contributed by atoms with Crippen molar-refractivity contribution >= 4 is 32.6 Å². The van der Waals surface area contributed by atoms with Crippen molar-refractivity contribution in [3.05, 3.63) is 33.8 Å². The molecule has 1 atom stereocenters. The Kier molecular flexibility index (Phi) is 4.53. The maximum atomic E-state index is 13.7. The zero-order valence-corrected chi connectivity index (χ0v) is 16.6. The third-order valence-electron chi connectivity index (χ3n) is 4.99. The van der Waals surface area contributed by atoms with Gasteiger partial charge < -0.3 is 0 Å². The smallest absolute Gasteiger partial charge is 0.234 e. The van der Waals surface area contributed by atoms with Gasteiger partial charge in [-0.2, -0.15) is 4.40 Å². The number of nitrogens with zero attached hydrogens (tertiary/aromatic N) is 1. The van der Waals surface area contributed by atoms with E-state index in [4.69, 9.17) is 0 Å². The van der Waals surface area contributed by atoms with Gasteiger partial charge >= 0.3 is 0 Å². The zero-order chi connectivity index (χ0) is 17.8. The fourth-order valence-electron chi connectivity index (χ4n) is 3.53. The van der Waals surface area contributed by atoms with E-state index in [-0.39, 0.29) is 12.8 Å². The summed E-state index contributed by atoms with van der Waals surface area (Å²) in [7, 11) is -1.40. The summed E-state index contributed by atoms with van der Waals surface area (Å²) in [4.78, 5) is 0. The second-order valence-corrected chi connectivity index (χ2v) is 10.7. The SMILES string of the molecule is CC(C)(C)S(=O)/N=C1/c2cc(Br)ccc2CC12CCC(F)(F)CC2. The van der Waals surface area contributed by atoms with Gasteiger partial charge in [-0.05, 0) is 57.7 Å². The molecule has 1 aromatic carbocycles. The van der Waals surface area contributed by atoms with Crippen LogP contribution in [0, 0.1) is 5.41 Å². The van der Waals surface area contributed by atoms with Crippen LogP contribution >= 0.6 is 15.9 Å². The van der Waals surface area contributed by atoms with Crippen LogP contribution in [0.5, 0.6) is 0 Å². The summed E-state index contributed by atoms with van der Waals surface area (Å²) >= 11 is 3.48. The molecule has 0 bridgehead atoms. The molecule has 0 amide bonds. The molecule has 1 fully saturated rings.